The predicted octanol–water partition coefficient (Wildman–Crippen LogP) is 4.66. The number of unbranched alkanes of at least 4 members (excludes halogenated alkanes) is 2. The van der Waals surface area contributed by atoms with Crippen molar-refractivity contribution < 1.29 is 9.63 Å². The van der Waals surface area contributed by atoms with Crippen molar-refractivity contribution in [3.05, 3.63) is 72.2 Å². The van der Waals surface area contributed by atoms with Crippen LogP contribution in [0.25, 0.3) is 10.9 Å². The van der Waals surface area contributed by atoms with Gasteiger partial charge in [0, 0.05) is 24.0 Å². The Kier molecular flexibility index (Phi) is 6.49. The maximum Gasteiger partial charge on any atom is 0.228 e. The summed E-state index contributed by atoms with van der Waals surface area (Å²) in [5.74, 6) is -0.142. The molecular weight excluding hydrogens is 362 g/mol. The second-order valence-electron chi connectivity index (χ2n) is 6.20. The third kappa shape index (κ3) is 4.89. The van der Waals surface area contributed by atoms with E-state index in [2.05, 4.69) is 16.9 Å². The van der Waals surface area contributed by atoms with E-state index in [9.17, 15) is 4.79 Å². The Labute approximate surface area is 163 Å². The Morgan fingerprint density at radius 3 is 2.96 bits per heavy atom. The maximum absolute atomic E-state index is 12.5. The molecule has 6 heteroatoms. The van der Waals surface area contributed by atoms with Crippen molar-refractivity contribution in [3.63, 3.8) is 0 Å². The molecule has 1 N–H and O–H groups in total. The van der Waals surface area contributed by atoms with Gasteiger partial charge in [0.05, 0.1) is 22.6 Å². The number of nitrogens with zero attached hydrogens (tertiary/aromatic N) is 2. The van der Waals surface area contributed by atoms with Crippen LogP contribution >= 0.6 is 11.6 Å². The van der Waals surface area contributed by atoms with E-state index in [1.807, 2.05) is 36.5 Å². The number of allylic oxidation sites excluding steroid dienone is 1. The molecule has 27 heavy (non-hydrogen) atoms. The molecule has 0 saturated heterocycles. The number of benzene rings is 1. The lowest BCUT2D eigenvalue weighted by atomic mass is 10.1. The van der Waals surface area contributed by atoms with Gasteiger partial charge in [-0.25, -0.2) is 0 Å². The molecule has 3 rings (SSSR count). The van der Waals surface area contributed by atoms with E-state index in [1.54, 1.807) is 17.0 Å². The van der Waals surface area contributed by atoms with Crippen LogP contribution < -0.4 is 10.2 Å². The van der Waals surface area contributed by atoms with E-state index < -0.39 is 0 Å². The van der Waals surface area contributed by atoms with Gasteiger partial charge < -0.3 is 10.2 Å². The number of carbonyl (C=O) groups excluding carboxylic acids is 1. The highest BCUT2D eigenvalue weighted by Gasteiger charge is 2.13. The Bertz CT molecular complexity index is 936. The van der Waals surface area contributed by atoms with Gasteiger partial charge in [0.15, 0.2) is 0 Å². The predicted molar refractivity (Wildman–Crippen MR) is 109 cm³/mol. The molecule has 0 atom stereocenters. The number of pyridine rings is 1. The number of rotatable bonds is 9. The molecule has 0 saturated carbocycles. The van der Waals surface area contributed by atoms with Crippen LogP contribution in [0.1, 0.15) is 24.8 Å². The zero-order valence-corrected chi connectivity index (χ0v) is 15.8. The summed E-state index contributed by atoms with van der Waals surface area (Å²) in [7, 11) is 0. The number of para-hydroxylation sites is 1. The second kappa shape index (κ2) is 9.24. The minimum Gasteiger partial charge on any atom is -0.414 e. The number of aromatic nitrogens is 2. The summed E-state index contributed by atoms with van der Waals surface area (Å²) < 4.78 is 1.76. The van der Waals surface area contributed by atoms with Crippen molar-refractivity contribution in [3.8, 4) is 0 Å². The number of halogens is 1. The van der Waals surface area contributed by atoms with Crippen LogP contribution in [0.15, 0.2) is 61.6 Å². The number of fused-ring (bicyclic) bond motifs is 1. The summed E-state index contributed by atoms with van der Waals surface area (Å²) in [4.78, 5) is 22.3. The first-order valence-electron chi connectivity index (χ1n) is 8.91. The van der Waals surface area contributed by atoms with Gasteiger partial charge in [-0.05, 0) is 37.0 Å². The van der Waals surface area contributed by atoms with E-state index in [-0.39, 0.29) is 12.3 Å². The maximum atomic E-state index is 12.5. The zero-order chi connectivity index (χ0) is 19.1. The van der Waals surface area contributed by atoms with Crippen LogP contribution in [-0.2, 0) is 11.2 Å². The fraction of sp³-hybridized carbons (Fsp3) is 0.238. The van der Waals surface area contributed by atoms with E-state index in [4.69, 9.17) is 16.4 Å². The normalized spacial score (nSPS) is 10.7. The lowest BCUT2D eigenvalue weighted by Gasteiger charge is -2.07. The quantitative estimate of drug-likeness (QED) is 0.432. The number of carbonyl (C=O) groups is 1. The number of nitrogens with one attached hydrogen (secondary N) is 1. The van der Waals surface area contributed by atoms with Crippen molar-refractivity contribution in [1.29, 1.82) is 0 Å². The van der Waals surface area contributed by atoms with Gasteiger partial charge in [0.25, 0.3) is 0 Å². The van der Waals surface area contributed by atoms with Crippen molar-refractivity contribution in [2.75, 3.05) is 11.9 Å². The lowest BCUT2D eigenvalue weighted by Crippen LogP contribution is -2.15. The number of hydrogen-bond donors (Lipinski definition) is 1. The third-order valence-corrected chi connectivity index (χ3v) is 4.49. The van der Waals surface area contributed by atoms with Gasteiger partial charge >= 0.3 is 0 Å². The largest absolute Gasteiger partial charge is 0.414 e. The summed E-state index contributed by atoms with van der Waals surface area (Å²) in [5, 5.41) is 4.24. The fourth-order valence-corrected chi connectivity index (χ4v) is 3.03. The third-order valence-electron chi connectivity index (χ3n) is 4.19. The molecule has 0 fully saturated rings. The molecule has 0 bridgehead atoms. The molecule has 0 radical (unpaired) electrons. The van der Waals surface area contributed by atoms with Crippen molar-refractivity contribution in [2.24, 2.45) is 0 Å². The molecule has 1 amide bonds. The van der Waals surface area contributed by atoms with Gasteiger partial charge in [0.2, 0.25) is 5.91 Å². The van der Waals surface area contributed by atoms with Crippen LogP contribution in [-0.4, -0.2) is 22.2 Å². The van der Waals surface area contributed by atoms with E-state index in [0.29, 0.717) is 17.3 Å². The Balaban J connectivity index is 1.71. The van der Waals surface area contributed by atoms with Crippen molar-refractivity contribution in [1.82, 2.24) is 9.71 Å². The van der Waals surface area contributed by atoms with E-state index in [0.717, 1.165) is 35.7 Å². The van der Waals surface area contributed by atoms with Crippen LogP contribution in [0.2, 0.25) is 5.02 Å². The zero-order valence-electron chi connectivity index (χ0n) is 15.0. The molecule has 0 spiro atoms. The van der Waals surface area contributed by atoms with E-state index >= 15 is 0 Å². The molecule has 0 aliphatic heterocycles. The average molecular weight is 384 g/mol. The summed E-state index contributed by atoms with van der Waals surface area (Å²) in [5.41, 5.74) is 2.41. The SMILES string of the molecule is C=CCCCCOn1cc(CC(=O)Nc2ccncc2Cl)c2ccccc21. The fourth-order valence-electron chi connectivity index (χ4n) is 2.86. The van der Waals surface area contributed by atoms with Gasteiger partial charge in [-0.2, -0.15) is 4.73 Å². The molecule has 2 aromatic heterocycles. The number of anilines is 1. The first kappa shape index (κ1) is 19.0. The number of hydrogen-bond acceptors (Lipinski definition) is 3. The molecule has 0 aliphatic rings. The summed E-state index contributed by atoms with van der Waals surface area (Å²) in [6, 6.07) is 9.57. The summed E-state index contributed by atoms with van der Waals surface area (Å²) in [6.07, 6.45) is 10.1. The van der Waals surface area contributed by atoms with Crippen LogP contribution in [0.4, 0.5) is 5.69 Å². The van der Waals surface area contributed by atoms with Gasteiger partial charge in [0.1, 0.15) is 6.61 Å². The molecule has 1 aromatic carbocycles. The van der Waals surface area contributed by atoms with Crippen LogP contribution in [0, 0.1) is 0 Å². The molecule has 3 aromatic rings. The average Bonchev–Trinajstić information content (AvgIpc) is 3.01. The topological polar surface area (TPSA) is 56.1 Å². The standard InChI is InChI=1S/C21H22ClN3O2/c1-2-3-4-7-12-27-25-15-16(17-8-5-6-9-20(17)25)13-21(26)24-19-10-11-23-14-18(19)22/h2,5-6,8-11,14-15H,1,3-4,7,12-13H2,(H,23,24,26). The lowest BCUT2D eigenvalue weighted by molar-refractivity contribution is -0.115. The van der Waals surface area contributed by atoms with Gasteiger partial charge in [-0.1, -0.05) is 35.9 Å². The first-order chi connectivity index (χ1) is 13.2. The van der Waals surface area contributed by atoms with E-state index in [1.165, 1.54) is 6.20 Å². The van der Waals surface area contributed by atoms with Gasteiger partial charge in [-0.15, -0.1) is 6.58 Å². The molecule has 0 aliphatic carbocycles. The minimum absolute atomic E-state index is 0.142. The Morgan fingerprint density at radius 1 is 1.30 bits per heavy atom. The number of amides is 1. The first-order valence-corrected chi connectivity index (χ1v) is 9.29. The van der Waals surface area contributed by atoms with Crippen LogP contribution in [0.3, 0.4) is 0 Å². The smallest absolute Gasteiger partial charge is 0.228 e. The summed E-state index contributed by atoms with van der Waals surface area (Å²) in [6.45, 7) is 4.34. The molecule has 2 heterocycles. The second-order valence-corrected chi connectivity index (χ2v) is 6.60. The van der Waals surface area contributed by atoms with Crippen molar-refractivity contribution >= 4 is 34.1 Å². The molecule has 5 nitrogen and oxygen atoms in total. The molecule has 140 valence electrons. The minimum atomic E-state index is -0.142. The highest BCUT2D eigenvalue weighted by atomic mass is 35.5. The highest BCUT2D eigenvalue weighted by molar-refractivity contribution is 6.33. The molecule has 0 unspecified atom stereocenters. The Morgan fingerprint density at radius 2 is 2.15 bits per heavy atom. The Hall–Kier alpha value is -2.79. The highest BCUT2D eigenvalue weighted by Crippen LogP contribution is 2.23. The van der Waals surface area contributed by atoms with Gasteiger partial charge in [-0.3, -0.25) is 9.78 Å². The van der Waals surface area contributed by atoms with Crippen LogP contribution in [0.5, 0.6) is 0 Å². The summed E-state index contributed by atoms with van der Waals surface area (Å²) >= 11 is 6.06. The monoisotopic (exact) mass is 383 g/mol. The van der Waals surface area contributed by atoms with Crippen molar-refractivity contribution in [2.45, 2.75) is 25.7 Å². The molecular formula is C21H22ClN3O2.